The average Bonchev–Trinajstić information content (AvgIpc) is 2.44. The quantitative estimate of drug-likeness (QED) is 0.290. The highest BCUT2D eigenvalue weighted by Gasteiger charge is 2.42. The monoisotopic (exact) mass is 286 g/mol. The molecule has 0 aromatic carbocycles. The largest absolute Gasteiger partial charge is 0.409 e. The Kier molecular flexibility index (Phi) is 8.22. The third-order valence-electron chi connectivity index (χ3n) is 3.81. The number of amides is 1. The highest BCUT2D eigenvalue weighted by atomic mass is 16.4. The lowest BCUT2D eigenvalue weighted by atomic mass is 9.79. The summed E-state index contributed by atoms with van der Waals surface area (Å²) < 4.78 is 0. The minimum atomic E-state index is -0.893. The SMILES string of the molecule is CCCN(CCN(C)C)C(=O)C(CC)(CC)C(N)=NO. The molecule has 0 radical (unpaired) electrons. The predicted molar refractivity (Wildman–Crippen MR) is 81.8 cm³/mol. The Balaban J connectivity index is 5.25. The molecule has 0 saturated carbocycles. The van der Waals surface area contributed by atoms with Gasteiger partial charge in [0, 0.05) is 19.6 Å². The number of oxime groups is 1. The fraction of sp³-hybridized carbons (Fsp3) is 0.857. The van der Waals surface area contributed by atoms with Crippen molar-refractivity contribution in [2.45, 2.75) is 40.0 Å². The van der Waals surface area contributed by atoms with Crippen LogP contribution in [0.1, 0.15) is 40.0 Å². The van der Waals surface area contributed by atoms with Gasteiger partial charge in [-0.3, -0.25) is 4.79 Å². The number of nitrogens with zero attached hydrogens (tertiary/aromatic N) is 3. The molecule has 0 atom stereocenters. The van der Waals surface area contributed by atoms with E-state index in [9.17, 15) is 4.79 Å². The number of hydrogen-bond acceptors (Lipinski definition) is 4. The highest BCUT2D eigenvalue weighted by Crippen LogP contribution is 2.29. The van der Waals surface area contributed by atoms with Gasteiger partial charge in [-0.15, -0.1) is 0 Å². The highest BCUT2D eigenvalue weighted by molar-refractivity contribution is 6.06. The van der Waals surface area contributed by atoms with E-state index in [-0.39, 0.29) is 11.7 Å². The van der Waals surface area contributed by atoms with E-state index in [0.29, 0.717) is 25.9 Å². The molecule has 1 amide bonds. The fourth-order valence-corrected chi connectivity index (χ4v) is 2.33. The summed E-state index contributed by atoms with van der Waals surface area (Å²) in [6.45, 7) is 7.97. The van der Waals surface area contributed by atoms with Crippen molar-refractivity contribution in [1.82, 2.24) is 9.80 Å². The summed E-state index contributed by atoms with van der Waals surface area (Å²) in [6.07, 6.45) is 1.94. The van der Waals surface area contributed by atoms with Crippen molar-refractivity contribution in [3.05, 3.63) is 0 Å². The Morgan fingerprint density at radius 1 is 1.15 bits per heavy atom. The minimum Gasteiger partial charge on any atom is -0.409 e. The van der Waals surface area contributed by atoms with E-state index in [1.54, 1.807) is 0 Å². The van der Waals surface area contributed by atoms with Crippen molar-refractivity contribution in [2.24, 2.45) is 16.3 Å². The van der Waals surface area contributed by atoms with E-state index in [1.807, 2.05) is 44.7 Å². The van der Waals surface area contributed by atoms with E-state index >= 15 is 0 Å². The van der Waals surface area contributed by atoms with Gasteiger partial charge in [-0.05, 0) is 33.4 Å². The molecule has 0 aromatic heterocycles. The van der Waals surface area contributed by atoms with Gasteiger partial charge in [0.25, 0.3) is 0 Å². The fourth-order valence-electron chi connectivity index (χ4n) is 2.33. The number of carbonyl (C=O) groups is 1. The lowest BCUT2D eigenvalue weighted by Gasteiger charge is -2.35. The molecule has 0 fully saturated rings. The molecular weight excluding hydrogens is 256 g/mol. The zero-order valence-corrected chi connectivity index (χ0v) is 13.5. The van der Waals surface area contributed by atoms with E-state index in [1.165, 1.54) is 0 Å². The van der Waals surface area contributed by atoms with Crippen LogP contribution >= 0.6 is 0 Å². The maximum absolute atomic E-state index is 12.9. The summed E-state index contributed by atoms with van der Waals surface area (Å²) in [4.78, 5) is 16.7. The van der Waals surface area contributed by atoms with Crippen molar-refractivity contribution in [1.29, 1.82) is 0 Å². The third kappa shape index (κ3) is 4.37. The minimum absolute atomic E-state index is 0.0125. The zero-order chi connectivity index (χ0) is 15.8. The molecule has 3 N–H and O–H groups in total. The van der Waals surface area contributed by atoms with Crippen LogP contribution in [0, 0.1) is 5.41 Å². The van der Waals surface area contributed by atoms with Gasteiger partial charge in [0.15, 0.2) is 5.84 Å². The second-order valence-electron chi connectivity index (χ2n) is 5.37. The summed E-state index contributed by atoms with van der Waals surface area (Å²) in [7, 11) is 3.95. The standard InChI is InChI=1S/C14H30N4O2/c1-6-9-18(11-10-17(4)5)13(19)14(7-2,8-3)12(15)16-20/h20H,6-11H2,1-5H3,(H2,15,16). The van der Waals surface area contributed by atoms with Gasteiger partial charge in [-0.1, -0.05) is 25.9 Å². The van der Waals surface area contributed by atoms with Crippen LogP contribution in [0.3, 0.4) is 0 Å². The first kappa shape index (κ1) is 18.7. The maximum atomic E-state index is 12.9. The molecule has 0 heterocycles. The first-order chi connectivity index (χ1) is 9.39. The van der Waals surface area contributed by atoms with Gasteiger partial charge in [-0.25, -0.2) is 0 Å². The Bertz CT molecular complexity index is 325. The molecule has 6 heteroatoms. The molecular formula is C14H30N4O2. The van der Waals surface area contributed by atoms with Crippen molar-refractivity contribution >= 4 is 11.7 Å². The van der Waals surface area contributed by atoms with Gasteiger partial charge in [0.1, 0.15) is 5.41 Å². The molecule has 0 spiro atoms. The van der Waals surface area contributed by atoms with Crippen molar-refractivity contribution in [3.63, 3.8) is 0 Å². The molecule has 0 unspecified atom stereocenters. The molecule has 118 valence electrons. The number of carbonyl (C=O) groups excluding carboxylic acids is 1. The predicted octanol–water partition coefficient (Wildman–Crippen LogP) is 1.34. The van der Waals surface area contributed by atoms with Crippen LogP contribution in [0.4, 0.5) is 0 Å². The number of amidine groups is 1. The first-order valence-corrected chi connectivity index (χ1v) is 7.31. The molecule has 0 aliphatic carbocycles. The summed E-state index contributed by atoms with van der Waals surface area (Å²) in [5, 5.41) is 12.1. The van der Waals surface area contributed by atoms with Crippen LogP contribution in [0.2, 0.25) is 0 Å². The van der Waals surface area contributed by atoms with E-state index in [2.05, 4.69) is 5.16 Å². The summed E-state index contributed by atoms with van der Waals surface area (Å²) in [6, 6.07) is 0. The molecule has 0 bridgehead atoms. The maximum Gasteiger partial charge on any atom is 0.236 e. The molecule has 0 aliphatic rings. The molecule has 20 heavy (non-hydrogen) atoms. The Morgan fingerprint density at radius 2 is 1.70 bits per heavy atom. The average molecular weight is 286 g/mol. The smallest absolute Gasteiger partial charge is 0.236 e. The van der Waals surface area contributed by atoms with Gasteiger partial charge in [0.2, 0.25) is 5.91 Å². The lowest BCUT2D eigenvalue weighted by Crippen LogP contribution is -2.52. The molecule has 6 nitrogen and oxygen atoms in total. The number of hydrogen-bond donors (Lipinski definition) is 2. The van der Waals surface area contributed by atoms with E-state index < -0.39 is 5.41 Å². The van der Waals surface area contributed by atoms with Crippen LogP contribution in [-0.2, 0) is 4.79 Å². The van der Waals surface area contributed by atoms with Crippen LogP contribution < -0.4 is 5.73 Å². The van der Waals surface area contributed by atoms with Crippen molar-refractivity contribution in [3.8, 4) is 0 Å². The molecule has 0 rings (SSSR count). The van der Waals surface area contributed by atoms with Gasteiger partial charge < -0.3 is 20.7 Å². The van der Waals surface area contributed by atoms with Crippen molar-refractivity contribution < 1.29 is 10.0 Å². The summed E-state index contributed by atoms with van der Waals surface area (Å²) in [5.74, 6) is -0.0278. The first-order valence-electron chi connectivity index (χ1n) is 7.31. The third-order valence-corrected chi connectivity index (χ3v) is 3.81. The van der Waals surface area contributed by atoms with Gasteiger partial charge >= 0.3 is 0 Å². The topological polar surface area (TPSA) is 82.2 Å². The van der Waals surface area contributed by atoms with Crippen LogP contribution in [-0.4, -0.2) is 60.5 Å². The zero-order valence-electron chi connectivity index (χ0n) is 13.5. The lowest BCUT2D eigenvalue weighted by molar-refractivity contribution is -0.139. The second kappa shape index (κ2) is 8.79. The number of nitrogens with two attached hydrogens (primary N) is 1. The number of likely N-dealkylation sites (N-methyl/N-ethyl adjacent to an activating group) is 1. The molecule has 0 saturated heterocycles. The van der Waals surface area contributed by atoms with Crippen LogP contribution in [0.15, 0.2) is 5.16 Å². The Labute approximate surface area is 122 Å². The molecule has 0 aromatic rings. The van der Waals surface area contributed by atoms with Gasteiger partial charge in [0.05, 0.1) is 0 Å². The Hall–Kier alpha value is -1.30. The van der Waals surface area contributed by atoms with E-state index in [4.69, 9.17) is 10.9 Å². The van der Waals surface area contributed by atoms with E-state index in [0.717, 1.165) is 13.0 Å². The van der Waals surface area contributed by atoms with Crippen LogP contribution in [0.5, 0.6) is 0 Å². The van der Waals surface area contributed by atoms with Crippen LogP contribution in [0.25, 0.3) is 0 Å². The normalized spacial score (nSPS) is 12.8. The molecule has 0 aliphatic heterocycles. The summed E-state index contributed by atoms with van der Waals surface area (Å²) >= 11 is 0. The van der Waals surface area contributed by atoms with Crippen molar-refractivity contribution in [2.75, 3.05) is 33.7 Å². The van der Waals surface area contributed by atoms with Gasteiger partial charge in [-0.2, -0.15) is 0 Å². The Morgan fingerprint density at radius 3 is 2.05 bits per heavy atom. The number of rotatable bonds is 9. The summed E-state index contributed by atoms with van der Waals surface area (Å²) in [5.41, 5.74) is 4.91. The second-order valence-corrected chi connectivity index (χ2v) is 5.37.